The number of hydrogen-bond donors (Lipinski definition) is 1. The molecule has 1 heterocycles. The summed E-state index contributed by atoms with van der Waals surface area (Å²) in [6.07, 6.45) is 1.27. The van der Waals surface area contributed by atoms with Gasteiger partial charge in [-0.05, 0) is 30.2 Å². The summed E-state index contributed by atoms with van der Waals surface area (Å²) in [5, 5.41) is -0.533. The van der Waals surface area contributed by atoms with E-state index in [1.807, 2.05) is 11.8 Å². The number of benzene rings is 1. The molecular weight excluding hydrogens is 311 g/mol. The zero-order chi connectivity index (χ0) is 15.6. The van der Waals surface area contributed by atoms with Crippen molar-refractivity contribution in [3.63, 3.8) is 0 Å². The molecule has 118 valence electrons. The van der Waals surface area contributed by atoms with E-state index in [1.54, 1.807) is 17.8 Å². The molecule has 2 atom stereocenters. The van der Waals surface area contributed by atoms with Crippen LogP contribution in [0.5, 0.6) is 0 Å². The number of aryl methyl sites for hydroxylation is 1. The Morgan fingerprint density at radius 3 is 2.81 bits per heavy atom. The zero-order valence-corrected chi connectivity index (χ0v) is 13.9. The third-order valence-electron chi connectivity index (χ3n) is 3.83. The predicted molar refractivity (Wildman–Crippen MR) is 85.6 cm³/mol. The summed E-state index contributed by atoms with van der Waals surface area (Å²) >= 11 is 1.64. The number of sulfone groups is 1. The van der Waals surface area contributed by atoms with Gasteiger partial charge in [0.2, 0.25) is 0 Å². The van der Waals surface area contributed by atoms with Gasteiger partial charge in [-0.3, -0.25) is 4.90 Å². The third-order valence-corrected chi connectivity index (χ3v) is 6.49. The topological polar surface area (TPSA) is 63.4 Å². The Kier molecular flexibility index (Phi) is 5.29. The van der Waals surface area contributed by atoms with Gasteiger partial charge in [0, 0.05) is 36.9 Å². The molecule has 2 unspecified atom stereocenters. The molecule has 0 radical (unpaired) electrons. The first-order valence-corrected chi connectivity index (χ1v) is 9.94. The van der Waals surface area contributed by atoms with Crippen molar-refractivity contribution < 1.29 is 12.8 Å². The minimum absolute atomic E-state index is 0.203. The molecule has 0 bridgehead atoms. The van der Waals surface area contributed by atoms with Crippen LogP contribution in [0, 0.1) is 12.7 Å². The lowest BCUT2D eigenvalue weighted by atomic mass is 9.99. The Bertz CT molecular complexity index is 607. The van der Waals surface area contributed by atoms with Crippen molar-refractivity contribution in [1.29, 1.82) is 0 Å². The van der Waals surface area contributed by atoms with E-state index in [-0.39, 0.29) is 11.9 Å². The monoisotopic (exact) mass is 332 g/mol. The first-order valence-electron chi connectivity index (χ1n) is 6.83. The number of nitrogens with two attached hydrogens (primary N) is 1. The Morgan fingerprint density at radius 1 is 1.52 bits per heavy atom. The molecule has 2 rings (SSSR count). The van der Waals surface area contributed by atoms with E-state index in [2.05, 4.69) is 0 Å². The van der Waals surface area contributed by atoms with E-state index >= 15 is 0 Å². The van der Waals surface area contributed by atoms with E-state index in [0.29, 0.717) is 18.8 Å². The Labute approximate surface area is 129 Å². The van der Waals surface area contributed by atoms with Crippen molar-refractivity contribution in [2.75, 3.05) is 30.9 Å². The lowest BCUT2D eigenvalue weighted by molar-refractivity contribution is 0.197. The lowest BCUT2D eigenvalue weighted by Gasteiger charge is -2.40. The summed E-state index contributed by atoms with van der Waals surface area (Å²) in [6, 6.07) is 4.38. The molecule has 1 aromatic carbocycles. The number of rotatable bonds is 4. The summed E-state index contributed by atoms with van der Waals surface area (Å²) in [6.45, 7) is 2.81. The van der Waals surface area contributed by atoms with Gasteiger partial charge in [0.1, 0.15) is 11.2 Å². The normalized spacial score (nSPS) is 22.2. The van der Waals surface area contributed by atoms with Crippen molar-refractivity contribution in [3.05, 3.63) is 35.1 Å². The van der Waals surface area contributed by atoms with Crippen LogP contribution in [0.2, 0.25) is 0 Å². The van der Waals surface area contributed by atoms with E-state index in [4.69, 9.17) is 5.73 Å². The van der Waals surface area contributed by atoms with Gasteiger partial charge in [0.05, 0.1) is 0 Å². The average Bonchev–Trinajstić information content (AvgIpc) is 2.41. The van der Waals surface area contributed by atoms with Gasteiger partial charge < -0.3 is 5.73 Å². The van der Waals surface area contributed by atoms with Gasteiger partial charge in [0.25, 0.3) is 0 Å². The molecule has 1 aromatic rings. The molecule has 2 N–H and O–H groups in total. The third kappa shape index (κ3) is 3.77. The van der Waals surface area contributed by atoms with Crippen LogP contribution in [0.4, 0.5) is 4.39 Å². The first kappa shape index (κ1) is 16.7. The number of halogens is 1. The fourth-order valence-corrected chi connectivity index (χ4v) is 5.70. The Morgan fingerprint density at radius 2 is 2.24 bits per heavy atom. The Hall–Kier alpha value is -0.630. The molecule has 0 saturated carbocycles. The zero-order valence-electron chi connectivity index (χ0n) is 12.3. The maximum Gasteiger partial charge on any atom is 0.164 e. The molecule has 4 nitrogen and oxygen atoms in total. The maximum atomic E-state index is 13.3. The smallest absolute Gasteiger partial charge is 0.164 e. The highest BCUT2D eigenvalue weighted by Crippen LogP contribution is 2.31. The molecule has 0 aromatic heterocycles. The van der Waals surface area contributed by atoms with Crippen LogP contribution in [-0.2, 0) is 9.84 Å². The summed E-state index contributed by atoms with van der Waals surface area (Å²) in [4.78, 5) is 1.95. The van der Waals surface area contributed by atoms with Gasteiger partial charge in [-0.25, -0.2) is 12.8 Å². The van der Waals surface area contributed by atoms with E-state index in [1.165, 1.54) is 18.4 Å². The quantitative estimate of drug-likeness (QED) is 0.906. The molecule has 1 aliphatic rings. The molecule has 0 amide bonds. The van der Waals surface area contributed by atoms with Crippen LogP contribution in [-0.4, -0.2) is 49.5 Å². The first-order chi connectivity index (χ1) is 9.84. The van der Waals surface area contributed by atoms with Gasteiger partial charge in [-0.15, -0.1) is 0 Å². The number of nitrogens with zero attached hydrogens (tertiary/aromatic N) is 1. The summed E-state index contributed by atoms with van der Waals surface area (Å²) in [7, 11) is -3.18. The van der Waals surface area contributed by atoms with E-state index in [0.717, 1.165) is 16.9 Å². The molecule has 21 heavy (non-hydrogen) atoms. The van der Waals surface area contributed by atoms with Crippen molar-refractivity contribution in [3.8, 4) is 0 Å². The van der Waals surface area contributed by atoms with Crippen LogP contribution in [0.25, 0.3) is 0 Å². The van der Waals surface area contributed by atoms with Crippen LogP contribution in [0.1, 0.15) is 17.2 Å². The van der Waals surface area contributed by atoms with Crippen molar-refractivity contribution in [1.82, 2.24) is 4.90 Å². The van der Waals surface area contributed by atoms with Crippen LogP contribution in [0.15, 0.2) is 18.2 Å². The minimum Gasteiger partial charge on any atom is -0.329 e. The van der Waals surface area contributed by atoms with Gasteiger partial charge in [-0.1, -0.05) is 6.07 Å². The largest absolute Gasteiger partial charge is 0.329 e. The number of thioether (sulfide) groups is 1. The maximum absolute atomic E-state index is 13.3. The second-order valence-corrected chi connectivity index (χ2v) is 8.70. The SMILES string of the molecule is Cc1cc(F)ccc1C(CN)N1CCSCC1S(C)(=O)=O. The molecule has 7 heteroatoms. The average molecular weight is 332 g/mol. The summed E-state index contributed by atoms with van der Waals surface area (Å²) in [5.41, 5.74) is 7.62. The van der Waals surface area contributed by atoms with Crippen molar-refractivity contribution >= 4 is 21.6 Å². The minimum atomic E-state index is -3.18. The fourth-order valence-electron chi connectivity index (χ4n) is 2.77. The van der Waals surface area contributed by atoms with Crippen LogP contribution < -0.4 is 5.73 Å². The van der Waals surface area contributed by atoms with Crippen molar-refractivity contribution in [2.24, 2.45) is 5.73 Å². The van der Waals surface area contributed by atoms with Gasteiger partial charge >= 0.3 is 0 Å². The second-order valence-electron chi connectivity index (χ2n) is 5.35. The van der Waals surface area contributed by atoms with Gasteiger partial charge in [-0.2, -0.15) is 11.8 Å². The highest BCUT2D eigenvalue weighted by atomic mass is 32.2. The summed E-state index contributed by atoms with van der Waals surface area (Å²) < 4.78 is 37.3. The van der Waals surface area contributed by atoms with Crippen LogP contribution in [0.3, 0.4) is 0 Å². The van der Waals surface area contributed by atoms with Crippen molar-refractivity contribution in [2.45, 2.75) is 18.3 Å². The highest BCUT2D eigenvalue weighted by molar-refractivity contribution is 8.00. The Balaban J connectivity index is 2.38. The standard InChI is InChI=1S/C14H21FN2O2S2/c1-10-7-11(15)3-4-12(10)13(8-16)17-5-6-20-9-14(17)21(2,18)19/h3-4,7,13-14H,5-6,8-9,16H2,1-2H3. The van der Waals surface area contributed by atoms with E-state index < -0.39 is 15.2 Å². The predicted octanol–water partition coefficient (Wildman–Crippen LogP) is 1.55. The number of hydrogen-bond acceptors (Lipinski definition) is 5. The molecular formula is C14H21FN2O2S2. The molecule has 0 aliphatic carbocycles. The molecule has 1 fully saturated rings. The lowest BCUT2D eigenvalue weighted by Crippen LogP contribution is -2.50. The van der Waals surface area contributed by atoms with Crippen LogP contribution >= 0.6 is 11.8 Å². The highest BCUT2D eigenvalue weighted by Gasteiger charge is 2.36. The second kappa shape index (κ2) is 6.64. The van der Waals surface area contributed by atoms with E-state index in [9.17, 15) is 12.8 Å². The van der Waals surface area contributed by atoms with Gasteiger partial charge in [0.15, 0.2) is 9.84 Å². The molecule has 1 aliphatic heterocycles. The fraction of sp³-hybridized carbons (Fsp3) is 0.571. The molecule has 1 saturated heterocycles. The molecule has 0 spiro atoms. The summed E-state index contributed by atoms with van der Waals surface area (Å²) in [5.74, 6) is 1.14.